The Morgan fingerprint density at radius 3 is 2.50 bits per heavy atom. The van der Waals surface area contributed by atoms with Gasteiger partial charge in [0.05, 0.1) is 21.3 Å². The van der Waals surface area contributed by atoms with E-state index in [1.54, 1.807) is 11.3 Å². The van der Waals surface area contributed by atoms with E-state index >= 15 is 0 Å². The zero-order valence-corrected chi connectivity index (χ0v) is 14.3. The molecule has 2 aromatic rings. The summed E-state index contributed by atoms with van der Waals surface area (Å²) >= 11 is 3.50. The third kappa shape index (κ3) is 3.20. The minimum atomic E-state index is 0.590. The largest absolute Gasteiger partial charge is 0.365 e. The Balaban J connectivity index is 2.39. The number of thiazole rings is 2. The van der Waals surface area contributed by atoms with Gasteiger partial charge in [0.15, 0.2) is 5.13 Å². The van der Waals surface area contributed by atoms with E-state index in [0.29, 0.717) is 5.92 Å². The van der Waals surface area contributed by atoms with E-state index in [0.717, 1.165) is 36.5 Å². The van der Waals surface area contributed by atoms with Crippen LogP contribution in [0.4, 0.5) is 5.13 Å². The van der Waals surface area contributed by atoms with Crippen LogP contribution in [0, 0.1) is 0 Å². The highest BCUT2D eigenvalue weighted by Gasteiger charge is 2.19. The Morgan fingerprint density at radius 2 is 1.95 bits per heavy atom. The number of hydrogen-bond donors (Lipinski definition) is 1. The molecule has 2 heterocycles. The Morgan fingerprint density at radius 1 is 1.20 bits per heavy atom. The fourth-order valence-corrected chi connectivity index (χ4v) is 4.36. The number of aromatic nitrogens is 2. The molecule has 0 bridgehead atoms. The lowest BCUT2D eigenvalue weighted by Crippen LogP contribution is -1.95. The van der Waals surface area contributed by atoms with E-state index in [2.05, 4.69) is 36.5 Å². The zero-order chi connectivity index (χ0) is 14.5. The third-order valence-corrected chi connectivity index (χ3v) is 5.63. The van der Waals surface area contributed by atoms with Crippen LogP contribution in [0.25, 0.3) is 10.6 Å². The molecule has 0 aliphatic carbocycles. The first-order valence-corrected chi connectivity index (χ1v) is 9.06. The standard InChI is InChI=1S/C15H23N3S2/c1-5-8-11-13(12-9-19-15(16-4)18-12)20-14(17-11)10(6-2)7-3/h9-10H,5-8H2,1-4H3,(H,16,18). The zero-order valence-electron chi connectivity index (χ0n) is 12.7. The van der Waals surface area contributed by atoms with E-state index in [1.807, 2.05) is 18.4 Å². The van der Waals surface area contributed by atoms with Crippen LogP contribution in [-0.4, -0.2) is 17.0 Å². The fourth-order valence-electron chi connectivity index (χ4n) is 2.28. The quantitative estimate of drug-likeness (QED) is 0.767. The van der Waals surface area contributed by atoms with E-state index in [9.17, 15) is 0 Å². The highest BCUT2D eigenvalue weighted by Crippen LogP contribution is 2.37. The highest BCUT2D eigenvalue weighted by atomic mass is 32.1. The van der Waals surface area contributed by atoms with E-state index < -0.39 is 0 Å². The third-order valence-electron chi connectivity index (χ3n) is 3.49. The maximum Gasteiger partial charge on any atom is 0.182 e. The summed E-state index contributed by atoms with van der Waals surface area (Å²) < 4.78 is 0. The van der Waals surface area contributed by atoms with Crippen molar-refractivity contribution in [3.8, 4) is 10.6 Å². The monoisotopic (exact) mass is 309 g/mol. The molecule has 5 heteroatoms. The predicted molar refractivity (Wildman–Crippen MR) is 90.1 cm³/mol. The second kappa shape index (κ2) is 7.18. The van der Waals surface area contributed by atoms with Gasteiger partial charge in [0.2, 0.25) is 0 Å². The minimum absolute atomic E-state index is 0.590. The first-order valence-electron chi connectivity index (χ1n) is 7.36. The lowest BCUT2D eigenvalue weighted by Gasteiger charge is -2.06. The van der Waals surface area contributed by atoms with Gasteiger partial charge in [0, 0.05) is 18.3 Å². The van der Waals surface area contributed by atoms with Gasteiger partial charge >= 0.3 is 0 Å². The van der Waals surface area contributed by atoms with Crippen molar-refractivity contribution >= 4 is 27.8 Å². The predicted octanol–water partition coefficient (Wildman–Crippen LogP) is 5.16. The van der Waals surface area contributed by atoms with E-state index in [4.69, 9.17) is 4.98 Å². The molecule has 0 aliphatic heterocycles. The normalized spacial score (nSPS) is 11.2. The Bertz CT molecular complexity index is 541. The maximum atomic E-state index is 4.92. The number of rotatable bonds is 7. The van der Waals surface area contributed by atoms with Crippen LogP contribution in [-0.2, 0) is 6.42 Å². The lowest BCUT2D eigenvalue weighted by molar-refractivity contribution is 0.634. The molecule has 0 amide bonds. The number of nitrogens with zero attached hydrogens (tertiary/aromatic N) is 2. The molecule has 0 aromatic carbocycles. The van der Waals surface area contributed by atoms with Gasteiger partial charge in [-0.2, -0.15) is 0 Å². The smallest absolute Gasteiger partial charge is 0.182 e. The average molecular weight is 310 g/mol. The molecule has 0 spiro atoms. The summed E-state index contributed by atoms with van der Waals surface area (Å²) in [5.41, 5.74) is 2.31. The second-order valence-corrected chi connectivity index (χ2v) is 6.77. The molecule has 0 fully saturated rings. The van der Waals surface area contributed by atoms with Gasteiger partial charge in [-0.3, -0.25) is 0 Å². The van der Waals surface area contributed by atoms with Crippen LogP contribution in [0.3, 0.4) is 0 Å². The Kier molecular flexibility index (Phi) is 5.54. The molecule has 2 aromatic heterocycles. The number of aryl methyl sites for hydroxylation is 1. The van der Waals surface area contributed by atoms with Gasteiger partial charge in [0.1, 0.15) is 0 Å². The van der Waals surface area contributed by atoms with Crippen molar-refractivity contribution in [2.24, 2.45) is 0 Å². The van der Waals surface area contributed by atoms with Crippen LogP contribution in [0.1, 0.15) is 56.7 Å². The summed E-state index contributed by atoms with van der Waals surface area (Å²) in [6.07, 6.45) is 4.49. The van der Waals surface area contributed by atoms with Gasteiger partial charge in [-0.1, -0.05) is 27.2 Å². The fraction of sp³-hybridized carbons (Fsp3) is 0.600. The van der Waals surface area contributed by atoms with Crippen LogP contribution >= 0.6 is 22.7 Å². The van der Waals surface area contributed by atoms with Crippen LogP contribution in [0.2, 0.25) is 0 Å². The molecule has 0 aliphatic rings. The van der Waals surface area contributed by atoms with Crippen LogP contribution in [0.5, 0.6) is 0 Å². The summed E-state index contributed by atoms with van der Waals surface area (Å²) in [5, 5.41) is 7.50. The van der Waals surface area contributed by atoms with Crippen LogP contribution < -0.4 is 5.32 Å². The molecule has 20 heavy (non-hydrogen) atoms. The van der Waals surface area contributed by atoms with E-state index in [1.165, 1.54) is 15.6 Å². The van der Waals surface area contributed by atoms with Gasteiger partial charge in [-0.15, -0.1) is 22.7 Å². The SMILES string of the molecule is CCCc1nc(C(CC)CC)sc1-c1csc(NC)n1. The summed E-state index contributed by atoms with van der Waals surface area (Å²) in [4.78, 5) is 10.8. The molecule has 1 N–H and O–H groups in total. The Labute approximate surface area is 129 Å². The molecule has 110 valence electrons. The lowest BCUT2D eigenvalue weighted by atomic mass is 10.1. The summed E-state index contributed by atoms with van der Waals surface area (Å²) in [6.45, 7) is 6.70. The van der Waals surface area contributed by atoms with Crippen molar-refractivity contribution in [3.05, 3.63) is 16.1 Å². The molecular formula is C15H23N3S2. The van der Waals surface area contributed by atoms with Crippen molar-refractivity contribution in [1.29, 1.82) is 0 Å². The summed E-state index contributed by atoms with van der Waals surface area (Å²) in [5.74, 6) is 0.590. The van der Waals surface area contributed by atoms with E-state index in [-0.39, 0.29) is 0 Å². The van der Waals surface area contributed by atoms with Crippen LogP contribution in [0.15, 0.2) is 5.38 Å². The molecular weight excluding hydrogens is 286 g/mol. The Hall–Kier alpha value is -0.940. The molecule has 0 unspecified atom stereocenters. The highest BCUT2D eigenvalue weighted by molar-refractivity contribution is 7.17. The molecule has 0 saturated heterocycles. The molecule has 3 nitrogen and oxygen atoms in total. The van der Waals surface area contributed by atoms with Gasteiger partial charge in [0.25, 0.3) is 0 Å². The summed E-state index contributed by atoms with van der Waals surface area (Å²) in [7, 11) is 1.91. The molecule has 0 radical (unpaired) electrons. The molecule has 0 atom stereocenters. The molecule has 0 saturated carbocycles. The minimum Gasteiger partial charge on any atom is -0.365 e. The number of hydrogen-bond acceptors (Lipinski definition) is 5. The average Bonchev–Trinajstić information content (AvgIpc) is 3.07. The first-order chi connectivity index (χ1) is 9.73. The van der Waals surface area contributed by atoms with Gasteiger partial charge < -0.3 is 5.32 Å². The van der Waals surface area contributed by atoms with Crippen molar-refractivity contribution in [3.63, 3.8) is 0 Å². The number of anilines is 1. The van der Waals surface area contributed by atoms with Crippen molar-refractivity contribution < 1.29 is 0 Å². The maximum absolute atomic E-state index is 4.92. The summed E-state index contributed by atoms with van der Waals surface area (Å²) in [6, 6.07) is 0. The van der Waals surface area contributed by atoms with Gasteiger partial charge in [-0.25, -0.2) is 9.97 Å². The van der Waals surface area contributed by atoms with Crippen molar-refractivity contribution in [1.82, 2.24) is 9.97 Å². The molecule has 2 rings (SSSR count). The van der Waals surface area contributed by atoms with Crippen molar-refractivity contribution in [2.45, 2.75) is 52.4 Å². The van der Waals surface area contributed by atoms with Gasteiger partial charge in [-0.05, 0) is 19.3 Å². The van der Waals surface area contributed by atoms with Crippen molar-refractivity contribution in [2.75, 3.05) is 12.4 Å². The topological polar surface area (TPSA) is 37.8 Å². The number of nitrogens with one attached hydrogen (secondary N) is 1. The first kappa shape index (κ1) is 15.4. The second-order valence-electron chi connectivity index (χ2n) is 4.88.